The Bertz CT molecular complexity index is 736. The van der Waals surface area contributed by atoms with Crippen molar-refractivity contribution < 1.29 is 4.79 Å². The molecule has 0 saturated carbocycles. The SMILES string of the molecule is CCc1ncc(-c2c(C)cc(C(C)C(=O)C(C)C)cc2C)cc1C. The predicted octanol–water partition coefficient (Wildman–Crippen LogP) is 5.56. The molecule has 0 aliphatic carbocycles. The third-order valence-electron chi connectivity index (χ3n) is 4.86. The molecule has 0 spiro atoms. The minimum absolute atomic E-state index is 0.0567. The van der Waals surface area contributed by atoms with E-state index in [1.54, 1.807) is 0 Å². The number of carbonyl (C=O) groups is 1. The van der Waals surface area contributed by atoms with E-state index >= 15 is 0 Å². The van der Waals surface area contributed by atoms with Crippen molar-refractivity contribution in [1.82, 2.24) is 4.98 Å². The number of rotatable bonds is 5. The lowest BCUT2D eigenvalue weighted by Crippen LogP contribution is -2.15. The number of aromatic nitrogens is 1. The fourth-order valence-electron chi connectivity index (χ4n) is 3.48. The van der Waals surface area contributed by atoms with Crippen LogP contribution in [0.15, 0.2) is 24.4 Å². The standard InChI is InChI=1S/C22H29NO/c1-8-20-14(4)9-19(12-23-20)21-15(5)10-18(11-16(21)6)17(7)22(24)13(2)3/h9-13,17H,8H2,1-7H3. The summed E-state index contributed by atoms with van der Waals surface area (Å²) in [5.74, 6) is 0.305. The van der Waals surface area contributed by atoms with Crippen LogP contribution >= 0.6 is 0 Å². The highest BCUT2D eigenvalue weighted by Gasteiger charge is 2.20. The number of aryl methyl sites for hydroxylation is 4. The van der Waals surface area contributed by atoms with Crippen LogP contribution in [0.5, 0.6) is 0 Å². The topological polar surface area (TPSA) is 30.0 Å². The van der Waals surface area contributed by atoms with Crippen LogP contribution in [0.1, 0.15) is 61.6 Å². The second kappa shape index (κ2) is 7.29. The molecule has 1 unspecified atom stereocenters. The Morgan fingerprint density at radius 2 is 1.58 bits per heavy atom. The largest absolute Gasteiger partial charge is 0.299 e. The highest BCUT2D eigenvalue weighted by molar-refractivity contribution is 5.87. The molecule has 1 heterocycles. The summed E-state index contributed by atoms with van der Waals surface area (Å²) < 4.78 is 0. The molecule has 1 aromatic carbocycles. The summed E-state index contributed by atoms with van der Waals surface area (Å²) in [5.41, 5.74) is 8.32. The van der Waals surface area contributed by atoms with Gasteiger partial charge in [-0.15, -0.1) is 0 Å². The predicted molar refractivity (Wildman–Crippen MR) is 102 cm³/mol. The lowest BCUT2D eigenvalue weighted by molar-refractivity contribution is -0.123. The van der Waals surface area contributed by atoms with Gasteiger partial charge < -0.3 is 0 Å². The molecule has 0 radical (unpaired) electrons. The molecule has 0 amide bonds. The molecular formula is C22H29NO. The zero-order chi connectivity index (χ0) is 18.0. The number of carbonyl (C=O) groups excluding carboxylic acids is 1. The van der Waals surface area contributed by atoms with Crippen LogP contribution in [0.2, 0.25) is 0 Å². The average Bonchev–Trinajstić information content (AvgIpc) is 2.52. The Hall–Kier alpha value is -1.96. The van der Waals surface area contributed by atoms with Crippen molar-refractivity contribution in [3.63, 3.8) is 0 Å². The molecule has 0 aliphatic heterocycles. The third kappa shape index (κ3) is 3.58. The van der Waals surface area contributed by atoms with Crippen molar-refractivity contribution in [2.24, 2.45) is 5.92 Å². The minimum Gasteiger partial charge on any atom is -0.299 e. The van der Waals surface area contributed by atoms with E-state index in [0.717, 1.165) is 23.2 Å². The van der Waals surface area contributed by atoms with Crippen LogP contribution in [0, 0.1) is 26.7 Å². The molecule has 0 fully saturated rings. The molecule has 1 aromatic heterocycles. The molecule has 128 valence electrons. The van der Waals surface area contributed by atoms with Gasteiger partial charge in [-0.05, 0) is 61.1 Å². The van der Waals surface area contributed by atoms with E-state index in [2.05, 4.69) is 50.9 Å². The number of hydrogen-bond acceptors (Lipinski definition) is 2. The first-order chi connectivity index (χ1) is 11.3. The molecule has 1 atom stereocenters. The zero-order valence-corrected chi connectivity index (χ0v) is 16.0. The molecule has 24 heavy (non-hydrogen) atoms. The van der Waals surface area contributed by atoms with Crippen LogP contribution in [0.3, 0.4) is 0 Å². The van der Waals surface area contributed by atoms with E-state index in [0.29, 0.717) is 5.78 Å². The van der Waals surface area contributed by atoms with Gasteiger partial charge in [-0.25, -0.2) is 0 Å². The number of ketones is 1. The Kier molecular flexibility index (Phi) is 5.58. The normalized spacial score (nSPS) is 12.5. The number of benzene rings is 1. The highest BCUT2D eigenvalue weighted by Crippen LogP contribution is 2.32. The second-order valence-corrected chi connectivity index (χ2v) is 7.15. The molecule has 0 bridgehead atoms. The van der Waals surface area contributed by atoms with Gasteiger partial charge in [-0.3, -0.25) is 9.78 Å². The Balaban J connectivity index is 2.47. The summed E-state index contributed by atoms with van der Waals surface area (Å²) in [7, 11) is 0. The first-order valence-electron chi connectivity index (χ1n) is 8.87. The maximum absolute atomic E-state index is 12.3. The Labute approximate surface area is 146 Å². The van der Waals surface area contributed by atoms with Crippen LogP contribution in [-0.2, 0) is 11.2 Å². The van der Waals surface area contributed by atoms with E-state index in [1.807, 2.05) is 27.0 Å². The first kappa shape index (κ1) is 18.4. The van der Waals surface area contributed by atoms with Crippen LogP contribution in [-0.4, -0.2) is 10.8 Å². The van der Waals surface area contributed by atoms with Gasteiger partial charge in [0.05, 0.1) is 0 Å². The lowest BCUT2D eigenvalue weighted by Gasteiger charge is -2.18. The molecule has 0 N–H and O–H groups in total. The van der Waals surface area contributed by atoms with Gasteiger partial charge in [0, 0.05) is 29.3 Å². The lowest BCUT2D eigenvalue weighted by atomic mass is 9.86. The number of Topliss-reactive ketones (excluding diaryl/α,β-unsaturated/α-hetero) is 1. The third-order valence-corrected chi connectivity index (χ3v) is 4.86. The smallest absolute Gasteiger partial charge is 0.142 e. The van der Waals surface area contributed by atoms with Gasteiger partial charge in [0.15, 0.2) is 0 Å². The average molecular weight is 323 g/mol. The summed E-state index contributed by atoms with van der Waals surface area (Å²) in [6.45, 7) is 14.5. The van der Waals surface area contributed by atoms with Crippen LogP contribution in [0.4, 0.5) is 0 Å². The van der Waals surface area contributed by atoms with Gasteiger partial charge in [0.1, 0.15) is 5.78 Å². The molecule has 2 rings (SSSR count). The van der Waals surface area contributed by atoms with Crippen molar-refractivity contribution in [3.05, 3.63) is 52.3 Å². The summed E-state index contributed by atoms with van der Waals surface area (Å²) in [4.78, 5) is 16.9. The maximum Gasteiger partial charge on any atom is 0.142 e. The van der Waals surface area contributed by atoms with E-state index in [4.69, 9.17) is 0 Å². The Morgan fingerprint density at radius 3 is 2.04 bits per heavy atom. The summed E-state index contributed by atoms with van der Waals surface area (Å²) >= 11 is 0. The zero-order valence-electron chi connectivity index (χ0n) is 16.0. The van der Waals surface area contributed by atoms with Gasteiger partial charge in [0.25, 0.3) is 0 Å². The number of pyridine rings is 1. The van der Waals surface area contributed by atoms with Crippen molar-refractivity contribution >= 4 is 5.78 Å². The highest BCUT2D eigenvalue weighted by atomic mass is 16.1. The first-order valence-corrected chi connectivity index (χ1v) is 8.87. The van der Waals surface area contributed by atoms with E-state index < -0.39 is 0 Å². The van der Waals surface area contributed by atoms with Crippen molar-refractivity contribution in [2.75, 3.05) is 0 Å². The van der Waals surface area contributed by atoms with Gasteiger partial charge in [-0.1, -0.05) is 39.8 Å². The van der Waals surface area contributed by atoms with Crippen molar-refractivity contribution in [3.8, 4) is 11.1 Å². The molecule has 2 aromatic rings. The fraction of sp³-hybridized carbons (Fsp3) is 0.455. The molecule has 2 nitrogen and oxygen atoms in total. The van der Waals surface area contributed by atoms with E-state index in [-0.39, 0.29) is 11.8 Å². The number of nitrogens with zero attached hydrogens (tertiary/aromatic N) is 1. The van der Waals surface area contributed by atoms with Crippen molar-refractivity contribution in [1.29, 1.82) is 0 Å². The maximum atomic E-state index is 12.3. The van der Waals surface area contributed by atoms with Crippen LogP contribution in [0.25, 0.3) is 11.1 Å². The Morgan fingerprint density at radius 1 is 1.00 bits per heavy atom. The quantitative estimate of drug-likeness (QED) is 0.720. The molecule has 0 aliphatic rings. The molecule has 2 heteroatoms. The molecule has 0 saturated heterocycles. The van der Waals surface area contributed by atoms with Gasteiger partial charge in [0.2, 0.25) is 0 Å². The summed E-state index contributed by atoms with van der Waals surface area (Å²) in [5, 5.41) is 0. The van der Waals surface area contributed by atoms with Gasteiger partial charge in [-0.2, -0.15) is 0 Å². The molecular weight excluding hydrogens is 294 g/mol. The second-order valence-electron chi connectivity index (χ2n) is 7.15. The van der Waals surface area contributed by atoms with E-state index in [9.17, 15) is 4.79 Å². The summed E-state index contributed by atoms with van der Waals surface area (Å²) in [6, 6.07) is 6.55. The monoisotopic (exact) mass is 323 g/mol. The summed E-state index contributed by atoms with van der Waals surface area (Å²) in [6.07, 6.45) is 2.93. The number of hydrogen-bond donors (Lipinski definition) is 0. The minimum atomic E-state index is -0.0567. The van der Waals surface area contributed by atoms with E-state index in [1.165, 1.54) is 22.3 Å². The fourth-order valence-corrected chi connectivity index (χ4v) is 3.48. The van der Waals surface area contributed by atoms with Crippen LogP contribution < -0.4 is 0 Å². The van der Waals surface area contributed by atoms with Gasteiger partial charge >= 0.3 is 0 Å². The van der Waals surface area contributed by atoms with Crippen molar-refractivity contribution in [2.45, 2.75) is 60.8 Å².